The van der Waals surface area contributed by atoms with Crippen LogP contribution in [0.4, 0.5) is 5.69 Å². The topological polar surface area (TPSA) is 32.3 Å². The Labute approximate surface area is 145 Å². The number of anilines is 1. The van der Waals surface area contributed by atoms with Gasteiger partial charge in [0.05, 0.1) is 8.66 Å². The van der Waals surface area contributed by atoms with Crippen molar-refractivity contribution in [2.24, 2.45) is 0 Å². The number of nitrogens with one attached hydrogen (secondary N) is 1. The highest BCUT2D eigenvalue weighted by atomic mass is 79.9. The van der Waals surface area contributed by atoms with E-state index < -0.39 is 0 Å². The Bertz CT molecular complexity index is 604. The first kappa shape index (κ1) is 16.7. The van der Waals surface area contributed by atoms with Crippen molar-refractivity contribution in [1.29, 1.82) is 0 Å². The number of hydrogen-bond acceptors (Lipinski definition) is 3. The van der Waals surface area contributed by atoms with E-state index in [1.807, 2.05) is 18.2 Å². The first-order valence-electron chi connectivity index (χ1n) is 6.45. The monoisotopic (exact) mass is 430 g/mol. The first-order valence-corrected chi connectivity index (χ1v) is 8.86. The Morgan fingerprint density at radius 2 is 1.90 bits per heavy atom. The second-order valence-electron chi connectivity index (χ2n) is 4.94. The largest absolute Gasteiger partial charge is 0.321 e. The molecule has 21 heavy (non-hydrogen) atoms. The number of amides is 1. The van der Waals surface area contributed by atoms with Gasteiger partial charge in [0, 0.05) is 16.7 Å². The molecule has 0 unspecified atom stereocenters. The molecule has 0 fully saturated rings. The fraction of sp³-hybridized carbons (Fsp3) is 0.267. The maximum absolute atomic E-state index is 12.1. The summed E-state index contributed by atoms with van der Waals surface area (Å²) >= 11 is 8.19. The van der Waals surface area contributed by atoms with Crippen molar-refractivity contribution in [3.05, 3.63) is 49.0 Å². The molecular formula is C15H16Br2N2OS. The number of carbonyl (C=O) groups excluding carboxylic acids is 1. The Morgan fingerprint density at radius 1 is 1.24 bits per heavy atom. The van der Waals surface area contributed by atoms with Gasteiger partial charge in [-0.3, -0.25) is 4.79 Å². The molecular weight excluding hydrogens is 416 g/mol. The van der Waals surface area contributed by atoms with Crippen LogP contribution in [-0.2, 0) is 6.42 Å². The van der Waals surface area contributed by atoms with Crippen LogP contribution in [-0.4, -0.2) is 31.4 Å². The van der Waals surface area contributed by atoms with E-state index in [2.05, 4.69) is 68.3 Å². The van der Waals surface area contributed by atoms with E-state index in [-0.39, 0.29) is 5.91 Å². The van der Waals surface area contributed by atoms with Crippen LogP contribution in [0.2, 0.25) is 0 Å². The maximum Gasteiger partial charge on any atom is 0.265 e. The van der Waals surface area contributed by atoms with Crippen LogP contribution in [0.15, 0.2) is 38.6 Å². The predicted molar refractivity (Wildman–Crippen MR) is 96.4 cm³/mol. The minimum atomic E-state index is -0.0903. The van der Waals surface area contributed by atoms with Gasteiger partial charge in [0.25, 0.3) is 5.91 Å². The summed E-state index contributed by atoms with van der Waals surface area (Å²) in [5.41, 5.74) is 2.08. The molecule has 0 aliphatic heterocycles. The number of benzene rings is 1. The van der Waals surface area contributed by atoms with Gasteiger partial charge in [0.2, 0.25) is 0 Å². The third-order valence-corrected chi connectivity index (χ3v) is 6.18. The van der Waals surface area contributed by atoms with E-state index in [0.717, 1.165) is 26.9 Å². The molecule has 2 rings (SSSR count). The third-order valence-electron chi connectivity index (χ3n) is 2.93. The molecule has 0 atom stereocenters. The van der Waals surface area contributed by atoms with Crippen LogP contribution < -0.4 is 5.32 Å². The Morgan fingerprint density at radius 3 is 2.43 bits per heavy atom. The van der Waals surface area contributed by atoms with Gasteiger partial charge in [0.15, 0.2) is 0 Å². The van der Waals surface area contributed by atoms with E-state index in [0.29, 0.717) is 4.88 Å². The van der Waals surface area contributed by atoms with E-state index in [9.17, 15) is 4.79 Å². The summed E-state index contributed by atoms with van der Waals surface area (Å²) < 4.78 is 1.82. The van der Waals surface area contributed by atoms with Crippen LogP contribution in [0.25, 0.3) is 0 Å². The number of carbonyl (C=O) groups is 1. The average molecular weight is 432 g/mol. The number of halogens is 2. The Hall–Kier alpha value is -0.690. The third kappa shape index (κ3) is 4.92. The lowest BCUT2D eigenvalue weighted by Crippen LogP contribution is -2.15. The molecule has 0 spiro atoms. The van der Waals surface area contributed by atoms with Crippen LogP contribution in [0.1, 0.15) is 15.2 Å². The van der Waals surface area contributed by atoms with Gasteiger partial charge in [0.1, 0.15) is 0 Å². The number of rotatable bonds is 5. The number of likely N-dealkylation sites (N-methyl/N-ethyl adjacent to an activating group) is 1. The second kappa shape index (κ2) is 7.54. The molecule has 0 bridgehead atoms. The van der Waals surface area contributed by atoms with Crippen molar-refractivity contribution < 1.29 is 4.79 Å². The van der Waals surface area contributed by atoms with Gasteiger partial charge in [-0.15, -0.1) is 11.3 Å². The normalized spacial score (nSPS) is 10.9. The smallest absolute Gasteiger partial charge is 0.265 e. The first-order chi connectivity index (χ1) is 9.95. The summed E-state index contributed by atoms with van der Waals surface area (Å²) in [5, 5.41) is 2.91. The Kier molecular flexibility index (Phi) is 5.98. The van der Waals surface area contributed by atoms with Crippen LogP contribution in [0.5, 0.6) is 0 Å². The fourth-order valence-corrected chi connectivity index (χ4v) is 3.69. The molecule has 112 valence electrons. The van der Waals surface area contributed by atoms with Crippen molar-refractivity contribution in [2.45, 2.75) is 6.42 Å². The molecule has 0 aliphatic rings. The van der Waals surface area contributed by atoms with Gasteiger partial charge in [-0.1, -0.05) is 12.1 Å². The summed E-state index contributed by atoms with van der Waals surface area (Å²) in [6, 6.07) is 9.81. The van der Waals surface area contributed by atoms with Crippen LogP contribution in [0, 0.1) is 0 Å². The summed E-state index contributed by atoms with van der Waals surface area (Å²) in [6.07, 6.45) is 1.01. The summed E-state index contributed by atoms with van der Waals surface area (Å²) in [6.45, 7) is 1.02. The van der Waals surface area contributed by atoms with Crippen molar-refractivity contribution >= 4 is 54.8 Å². The predicted octanol–water partition coefficient (Wildman–Crippen LogP) is 4.63. The zero-order valence-electron chi connectivity index (χ0n) is 11.8. The van der Waals surface area contributed by atoms with E-state index in [4.69, 9.17) is 0 Å². The Balaban J connectivity index is 1.98. The number of hydrogen-bond donors (Lipinski definition) is 1. The SMILES string of the molecule is CN(C)CCc1ccc(NC(=O)c2cc(Br)c(Br)s2)cc1. The van der Waals surface area contributed by atoms with Gasteiger partial charge in [-0.2, -0.15) is 0 Å². The van der Waals surface area contributed by atoms with Crippen molar-refractivity contribution in [1.82, 2.24) is 4.90 Å². The van der Waals surface area contributed by atoms with Crippen molar-refractivity contribution in [3.63, 3.8) is 0 Å². The second-order valence-corrected chi connectivity index (χ2v) is 8.16. The molecule has 3 nitrogen and oxygen atoms in total. The van der Waals surface area contributed by atoms with E-state index in [1.54, 1.807) is 0 Å². The van der Waals surface area contributed by atoms with Gasteiger partial charge in [-0.05, 0) is 76.1 Å². The molecule has 0 saturated carbocycles. The molecule has 6 heteroatoms. The number of thiophene rings is 1. The quantitative estimate of drug-likeness (QED) is 0.748. The zero-order valence-corrected chi connectivity index (χ0v) is 15.8. The number of nitrogens with zero attached hydrogens (tertiary/aromatic N) is 1. The van der Waals surface area contributed by atoms with Gasteiger partial charge < -0.3 is 10.2 Å². The molecule has 1 amide bonds. The van der Waals surface area contributed by atoms with Crippen LogP contribution >= 0.6 is 43.2 Å². The molecule has 0 saturated heterocycles. The molecule has 1 aromatic carbocycles. The maximum atomic E-state index is 12.1. The van der Waals surface area contributed by atoms with Crippen molar-refractivity contribution in [2.75, 3.05) is 26.0 Å². The van der Waals surface area contributed by atoms with Crippen LogP contribution in [0.3, 0.4) is 0 Å². The highest BCUT2D eigenvalue weighted by Crippen LogP contribution is 2.32. The highest BCUT2D eigenvalue weighted by Gasteiger charge is 2.12. The van der Waals surface area contributed by atoms with E-state index in [1.165, 1.54) is 16.9 Å². The molecule has 0 aliphatic carbocycles. The molecule has 1 aromatic heterocycles. The highest BCUT2D eigenvalue weighted by molar-refractivity contribution is 9.13. The zero-order chi connectivity index (χ0) is 15.4. The van der Waals surface area contributed by atoms with Gasteiger partial charge in [-0.25, -0.2) is 0 Å². The average Bonchev–Trinajstić information content (AvgIpc) is 2.78. The minimum absolute atomic E-state index is 0.0903. The molecule has 1 N–H and O–H groups in total. The summed E-state index contributed by atoms with van der Waals surface area (Å²) in [5.74, 6) is -0.0903. The summed E-state index contributed by atoms with van der Waals surface area (Å²) in [7, 11) is 4.12. The fourth-order valence-electron chi connectivity index (χ4n) is 1.76. The molecule has 0 radical (unpaired) electrons. The lowest BCUT2D eigenvalue weighted by atomic mass is 10.1. The summed E-state index contributed by atoms with van der Waals surface area (Å²) in [4.78, 5) is 15.0. The van der Waals surface area contributed by atoms with Gasteiger partial charge >= 0.3 is 0 Å². The minimum Gasteiger partial charge on any atom is -0.321 e. The van der Waals surface area contributed by atoms with Crippen molar-refractivity contribution in [3.8, 4) is 0 Å². The molecule has 1 heterocycles. The lowest BCUT2D eigenvalue weighted by Gasteiger charge is -2.10. The standard InChI is InChI=1S/C15H16Br2N2OS/c1-19(2)8-7-10-3-5-11(6-4-10)18-15(20)13-9-12(16)14(17)21-13/h3-6,9H,7-8H2,1-2H3,(H,18,20). The lowest BCUT2D eigenvalue weighted by molar-refractivity contribution is 0.103. The molecule has 2 aromatic rings. The van der Waals surface area contributed by atoms with E-state index >= 15 is 0 Å².